The van der Waals surface area contributed by atoms with Crippen molar-refractivity contribution >= 4 is 0 Å². The van der Waals surface area contributed by atoms with Gasteiger partial charge in [-0.05, 0) is 56.3 Å². The van der Waals surface area contributed by atoms with Crippen molar-refractivity contribution < 1.29 is 0 Å². The van der Waals surface area contributed by atoms with Gasteiger partial charge in [-0.3, -0.25) is 0 Å². The second-order valence-corrected chi connectivity index (χ2v) is 7.58. The topological polar surface area (TPSA) is 12.0 Å². The normalized spacial score (nSPS) is 34.7. The smallest absolute Gasteiger partial charge is 0.0258 e. The maximum Gasteiger partial charge on any atom is 0.0258 e. The van der Waals surface area contributed by atoms with Crippen molar-refractivity contribution in [2.75, 3.05) is 0 Å². The first kappa shape index (κ1) is 15.9. The number of hydrogen-bond acceptors (Lipinski definition) is 1. The van der Waals surface area contributed by atoms with Gasteiger partial charge in [-0.15, -0.1) is 0 Å². The van der Waals surface area contributed by atoms with Crippen LogP contribution in [0.15, 0.2) is 12.3 Å². The molecule has 0 bridgehead atoms. The maximum absolute atomic E-state index is 4.15. The SMILES string of the molecule is C=C(CCC)NC1CCC(CC2CCC(C)CC2)CC1. The van der Waals surface area contributed by atoms with E-state index in [4.69, 9.17) is 0 Å². The minimum absolute atomic E-state index is 0.719. The zero-order valence-corrected chi connectivity index (χ0v) is 13.8. The highest BCUT2D eigenvalue weighted by atomic mass is 14.9. The molecule has 2 aliphatic rings. The quantitative estimate of drug-likeness (QED) is 0.660. The molecule has 0 aromatic rings. The zero-order valence-electron chi connectivity index (χ0n) is 13.8. The van der Waals surface area contributed by atoms with Gasteiger partial charge < -0.3 is 5.32 Å². The van der Waals surface area contributed by atoms with Crippen LogP contribution in [0.25, 0.3) is 0 Å². The molecule has 0 saturated heterocycles. The minimum Gasteiger partial charge on any atom is -0.386 e. The number of hydrogen-bond donors (Lipinski definition) is 1. The largest absolute Gasteiger partial charge is 0.386 e. The van der Waals surface area contributed by atoms with Crippen LogP contribution in [0.2, 0.25) is 0 Å². The van der Waals surface area contributed by atoms with Gasteiger partial charge in [0, 0.05) is 11.7 Å². The molecule has 1 heteroatoms. The molecule has 0 unspecified atom stereocenters. The van der Waals surface area contributed by atoms with E-state index in [9.17, 15) is 0 Å². The number of rotatable bonds is 6. The second-order valence-electron chi connectivity index (χ2n) is 7.58. The Labute approximate surface area is 126 Å². The molecule has 1 N–H and O–H groups in total. The lowest BCUT2D eigenvalue weighted by molar-refractivity contribution is 0.206. The van der Waals surface area contributed by atoms with Crippen LogP contribution in [0, 0.1) is 17.8 Å². The Balaban J connectivity index is 1.63. The Hall–Kier alpha value is -0.460. The van der Waals surface area contributed by atoms with Crippen LogP contribution in [0.4, 0.5) is 0 Å². The zero-order chi connectivity index (χ0) is 14.4. The first-order valence-electron chi connectivity index (χ1n) is 9.11. The van der Waals surface area contributed by atoms with E-state index in [-0.39, 0.29) is 0 Å². The van der Waals surface area contributed by atoms with Crippen LogP contribution < -0.4 is 5.32 Å². The molecule has 116 valence electrons. The van der Waals surface area contributed by atoms with E-state index in [0.717, 1.165) is 30.2 Å². The lowest BCUT2D eigenvalue weighted by Crippen LogP contribution is -2.33. The molecule has 0 aromatic heterocycles. The third kappa shape index (κ3) is 5.14. The summed E-state index contributed by atoms with van der Waals surface area (Å²) in [6.45, 7) is 8.80. The summed E-state index contributed by atoms with van der Waals surface area (Å²) in [5.41, 5.74) is 1.26. The Morgan fingerprint density at radius 3 is 2.05 bits per heavy atom. The van der Waals surface area contributed by atoms with Gasteiger partial charge in [-0.25, -0.2) is 0 Å². The molecule has 2 rings (SSSR count). The number of allylic oxidation sites excluding steroid dienone is 1. The first-order valence-corrected chi connectivity index (χ1v) is 9.11. The van der Waals surface area contributed by atoms with Crippen LogP contribution in [-0.2, 0) is 0 Å². The van der Waals surface area contributed by atoms with E-state index in [2.05, 4.69) is 25.7 Å². The fraction of sp³-hybridized carbons (Fsp3) is 0.895. The molecule has 2 aliphatic carbocycles. The van der Waals surface area contributed by atoms with Gasteiger partial charge in [0.2, 0.25) is 0 Å². The summed E-state index contributed by atoms with van der Waals surface area (Å²) in [5.74, 6) is 3.07. The Kier molecular flexibility index (Phi) is 6.45. The molecule has 0 aliphatic heterocycles. The Morgan fingerprint density at radius 2 is 1.50 bits per heavy atom. The fourth-order valence-electron chi connectivity index (χ4n) is 4.24. The Morgan fingerprint density at radius 1 is 0.950 bits per heavy atom. The lowest BCUT2D eigenvalue weighted by Gasteiger charge is -2.34. The summed E-state index contributed by atoms with van der Waals surface area (Å²) in [6.07, 6.45) is 15.5. The second kappa shape index (κ2) is 8.10. The molecule has 0 aromatic carbocycles. The van der Waals surface area contributed by atoms with Gasteiger partial charge in [0.15, 0.2) is 0 Å². The molecule has 20 heavy (non-hydrogen) atoms. The molecule has 1 nitrogen and oxygen atoms in total. The lowest BCUT2D eigenvalue weighted by atomic mass is 9.74. The maximum atomic E-state index is 4.15. The van der Waals surface area contributed by atoms with Crippen molar-refractivity contribution in [2.24, 2.45) is 17.8 Å². The van der Waals surface area contributed by atoms with Crippen molar-refractivity contribution in [3.05, 3.63) is 12.3 Å². The van der Waals surface area contributed by atoms with Gasteiger partial charge in [-0.1, -0.05) is 52.5 Å². The molecule has 2 fully saturated rings. The average molecular weight is 277 g/mol. The van der Waals surface area contributed by atoms with Crippen LogP contribution in [-0.4, -0.2) is 6.04 Å². The monoisotopic (exact) mass is 277 g/mol. The minimum atomic E-state index is 0.719. The number of nitrogens with one attached hydrogen (secondary N) is 1. The van der Waals surface area contributed by atoms with E-state index in [1.54, 1.807) is 0 Å². The molecular formula is C19H35N. The summed E-state index contributed by atoms with van der Waals surface area (Å²) >= 11 is 0. The highest BCUT2D eigenvalue weighted by Gasteiger charge is 2.25. The van der Waals surface area contributed by atoms with Crippen molar-refractivity contribution in [1.29, 1.82) is 0 Å². The molecule has 0 heterocycles. The molecule has 2 saturated carbocycles. The predicted molar refractivity (Wildman–Crippen MR) is 88.7 cm³/mol. The van der Waals surface area contributed by atoms with Crippen LogP contribution in [0.3, 0.4) is 0 Å². The van der Waals surface area contributed by atoms with E-state index < -0.39 is 0 Å². The molecular weight excluding hydrogens is 242 g/mol. The predicted octanol–water partition coefficient (Wildman–Crippen LogP) is 5.67. The van der Waals surface area contributed by atoms with Crippen molar-refractivity contribution in [3.8, 4) is 0 Å². The summed E-state index contributed by atoms with van der Waals surface area (Å²) in [6, 6.07) is 0.719. The first-order chi connectivity index (χ1) is 9.67. The fourth-order valence-corrected chi connectivity index (χ4v) is 4.24. The standard InChI is InChI=1S/C19H35N/c1-4-5-16(3)20-19-12-10-18(11-13-19)14-17-8-6-15(2)7-9-17/h15,17-20H,3-14H2,1-2H3. The van der Waals surface area contributed by atoms with E-state index in [1.165, 1.54) is 69.9 Å². The third-order valence-corrected chi connectivity index (χ3v) is 5.61. The average Bonchev–Trinajstić information content (AvgIpc) is 2.44. The van der Waals surface area contributed by atoms with Gasteiger partial charge in [0.1, 0.15) is 0 Å². The Bertz CT molecular complexity index is 280. The third-order valence-electron chi connectivity index (χ3n) is 5.61. The van der Waals surface area contributed by atoms with Gasteiger partial charge >= 0.3 is 0 Å². The van der Waals surface area contributed by atoms with E-state index >= 15 is 0 Å². The highest BCUT2D eigenvalue weighted by molar-refractivity contribution is 4.94. The van der Waals surface area contributed by atoms with Crippen molar-refractivity contribution in [1.82, 2.24) is 5.32 Å². The molecule has 0 spiro atoms. The van der Waals surface area contributed by atoms with Crippen molar-refractivity contribution in [2.45, 2.75) is 90.5 Å². The highest BCUT2D eigenvalue weighted by Crippen LogP contribution is 2.36. The van der Waals surface area contributed by atoms with Crippen molar-refractivity contribution in [3.63, 3.8) is 0 Å². The molecule has 0 amide bonds. The summed E-state index contributed by atoms with van der Waals surface area (Å²) in [4.78, 5) is 0. The van der Waals surface area contributed by atoms with Crippen LogP contribution in [0.1, 0.15) is 84.5 Å². The van der Waals surface area contributed by atoms with Gasteiger partial charge in [0.05, 0.1) is 0 Å². The van der Waals surface area contributed by atoms with E-state index in [1.807, 2.05) is 0 Å². The summed E-state index contributed by atoms with van der Waals surface area (Å²) in [5, 5.41) is 3.66. The van der Waals surface area contributed by atoms with Gasteiger partial charge in [0.25, 0.3) is 0 Å². The molecule has 0 atom stereocenters. The van der Waals surface area contributed by atoms with Crippen LogP contribution in [0.5, 0.6) is 0 Å². The van der Waals surface area contributed by atoms with E-state index in [0.29, 0.717) is 0 Å². The molecule has 0 radical (unpaired) electrons. The summed E-state index contributed by atoms with van der Waals surface area (Å²) < 4.78 is 0. The summed E-state index contributed by atoms with van der Waals surface area (Å²) in [7, 11) is 0. The van der Waals surface area contributed by atoms with Crippen LogP contribution >= 0.6 is 0 Å². The van der Waals surface area contributed by atoms with Gasteiger partial charge in [-0.2, -0.15) is 0 Å².